The van der Waals surface area contributed by atoms with Crippen LogP contribution in [0.25, 0.3) is 0 Å². The second-order valence-corrected chi connectivity index (χ2v) is 7.31. The molecule has 21 heavy (non-hydrogen) atoms. The average molecular weight is 297 g/mol. The third kappa shape index (κ3) is 3.61. The Hall–Kier alpha value is -0.160. The number of likely N-dealkylation sites (N-methyl/N-ethyl adjacent to an activating group) is 2. The first-order valence-corrected chi connectivity index (χ1v) is 8.78. The quantitative estimate of drug-likeness (QED) is 0.815. The number of hydrogen-bond donors (Lipinski definition) is 1. The first kappa shape index (κ1) is 17.2. The van der Waals surface area contributed by atoms with E-state index >= 15 is 0 Å². The summed E-state index contributed by atoms with van der Waals surface area (Å²) in [5.74, 6) is 0. The molecule has 3 unspecified atom stereocenters. The van der Waals surface area contributed by atoms with E-state index in [9.17, 15) is 0 Å². The van der Waals surface area contributed by atoms with Gasteiger partial charge in [-0.2, -0.15) is 0 Å². The van der Waals surface area contributed by atoms with Crippen molar-refractivity contribution in [2.24, 2.45) is 5.73 Å². The summed E-state index contributed by atoms with van der Waals surface area (Å²) < 4.78 is 6.04. The molecule has 2 saturated heterocycles. The fourth-order valence-electron chi connectivity index (χ4n) is 4.23. The molecule has 0 aromatic rings. The monoisotopic (exact) mass is 297 g/mol. The largest absolute Gasteiger partial charge is 0.375 e. The number of rotatable bonds is 6. The minimum Gasteiger partial charge on any atom is -0.375 e. The van der Waals surface area contributed by atoms with Gasteiger partial charge in [0.05, 0.1) is 5.60 Å². The van der Waals surface area contributed by atoms with Gasteiger partial charge in [0.2, 0.25) is 0 Å². The van der Waals surface area contributed by atoms with Crippen molar-refractivity contribution in [1.29, 1.82) is 0 Å². The van der Waals surface area contributed by atoms with Crippen LogP contribution in [0.5, 0.6) is 0 Å². The van der Waals surface area contributed by atoms with Crippen molar-refractivity contribution < 1.29 is 4.74 Å². The molecule has 2 aliphatic heterocycles. The van der Waals surface area contributed by atoms with Crippen molar-refractivity contribution in [1.82, 2.24) is 9.80 Å². The molecule has 2 rings (SSSR count). The van der Waals surface area contributed by atoms with Crippen LogP contribution in [0.3, 0.4) is 0 Å². The molecule has 0 radical (unpaired) electrons. The Bertz CT molecular complexity index is 338. The summed E-state index contributed by atoms with van der Waals surface area (Å²) >= 11 is 0. The molecule has 2 heterocycles. The highest BCUT2D eigenvalue weighted by atomic mass is 16.5. The van der Waals surface area contributed by atoms with Gasteiger partial charge in [0, 0.05) is 31.3 Å². The molecule has 0 saturated carbocycles. The minimum absolute atomic E-state index is 0.00794. The smallest absolute Gasteiger partial charge is 0.0670 e. The molecule has 124 valence electrons. The molecule has 2 fully saturated rings. The normalized spacial score (nSPS) is 38.3. The van der Waals surface area contributed by atoms with Crippen LogP contribution in [-0.2, 0) is 4.74 Å². The van der Waals surface area contributed by atoms with Gasteiger partial charge in [0.15, 0.2) is 0 Å². The Morgan fingerprint density at radius 1 is 1.38 bits per heavy atom. The molecule has 0 aromatic carbocycles. The van der Waals surface area contributed by atoms with E-state index in [0.29, 0.717) is 6.04 Å². The van der Waals surface area contributed by atoms with Crippen LogP contribution in [-0.4, -0.2) is 66.8 Å². The average Bonchev–Trinajstić information content (AvgIpc) is 2.94. The summed E-state index contributed by atoms with van der Waals surface area (Å²) in [6.07, 6.45) is 5.86. The summed E-state index contributed by atoms with van der Waals surface area (Å²) in [7, 11) is 2.28. The predicted octanol–water partition coefficient (Wildman–Crippen LogP) is 2.08. The van der Waals surface area contributed by atoms with Crippen molar-refractivity contribution >= 4 is 0 Å². The Balaban J connectivity index is 2.05. The van der Waals surface area contributed by atoms with Crippen molar-refractivity contribution in [3.63, 3.8) is 0 Å². The minimum atomic E-state index is -0.00794. The van der Waals surface area contributed by atoms with Gasteiger partial charge in [-0.15, -0.1) is 0 Å². The first-order valence-electron chi connectivity index (χ1n) is 8.78. The summed E-state index contributed by atoms with van der Waals surface area (Å²) in [5.41, 5.74) is 6.35. The summed E-state index contributed by atoms with van der Waals surface area (Å²) in [6.45, 7) is 11.9. The van der Waals surface area contributed by atoms with E-state index in [-0.39, 0.29) is 11.1 Å². The number of hydrogen-bond acceptors (Lipinski definition) is 4. The van der Waals surface area contributed by atoms with Crippen molar-refractivity contribution in [3.8, 4) is 0 Å². The van der Waals surface area contributed by atoms with Crippen LogP contribution in [0, 0.1) is 0 Å². The maximum Gasteiger partial charge on any atom is 0.0670 e. The van der Waals surface area contributed by atoms with Gasteiger partial charge in [-0.1, -0.05) is 13.8 Å². The van der Waals surface area contributed by atoms with Gasteiger partial charge in [-0.3, -0.25) is 9.80 Å². The zero-order valence-corrected chi connectivity index (χ0v) is 14.5. The van der Waals surface area contributed by atoms with Crippen LogP contribution in [0.1, 0.15) is 52.9 Å². The second-order valence-electron chi connectivity index (χ2n) is 7.31. The zero-order chi connectivity index (χ0) is 15.5. The third-order valence-electron chi connectivity index (χ3n) is 6.05. The van der Waals surface area contributed by atoms with E-state index in [1.807, 2.05) is 0 Å². The Morgan fingerprint density at radius 2 is 2.14 bits per heavy atom. The number of nitrogens with two attached hydrogens (primary N) is 1. The van der Waals surface area contributed by atoms with E-state index in [1.165, 1.54) is 25.9 Å². The maximum absolute atomic E-state index is 6.25. The molecular weight excluding hydrogens is 262 g/mol. The van der Waals surface area contributed by atoms with Crippen molar-refractivity contribution in [2.45, 2.75) is 70.1 Å². The van der Waals surface area contributed by atoms with E-state index in [0.717, 1.165) is 39.0 Å². The molecule has 2 aliphatic rings. The molecule has 4 heteroatoms. The van der Waals surface area contributed by atoms with Crippen LogP contribution in [0.15, 0.2) is 0 Å². The molecule has 4 nitrogen and oxygen atoms in total. The van der Waals surface area contributed by atoms with Gasteiger partial charge >= 0.3 is 0 Å². The molecule has 0 aliphatic carbocycles. The fraction of sp³-hybridized carbons (Fsp3) is 1.00. The molecule has 3 atom stereocenters. The third-order valence-corrected chi connectivity index (χ3v) is 6.05. The van der Waals surface area contributed by atoms with Gasteiger partial charge < -0.3 is 10.5 Å². The lowest BCUT2D eigenvalue weighted by molar-refractivity contribution is -0.126. The van der Waals surface area contributed by atoms with Gasteiger partial charge in [0.25, 0.3) is 0 Å². The van der Waals surface area contributed by atoms with E-state index in [2.05, 4.69) is 37.6 Å². The summed E-state index contributed by atoms with van der Waals surface area (Å²) in [4.78, 5) is 5.18. The molecule has 0 aromatic heterocycles. The van der Waals surface area contributed by atoms with Crippen molar-refractivity contribution in [3.05, 3.63) is 0 Å². The Labute approximate surface area is 131 Å². The molecule has 0 amide bonds. The van der Waals surface area contributed by atoms with E-state index in [1.54, 1.807) is 0 Å². The van der Waals surface area contributed by atoms with Crippen LogP contribution in [0.2, 0.25) is 0 Å². The van der Waals surface area contributed by atoms with Crippen LogP contribution < -0.4 is 5.73 Å². The summed E-state index contributed by atoms with van der Waals surface area (Å²) in [5, 5.41) is 0. The second kappa shape index (κ2) is 6.95. The fourth-order valence-corrected chi connectivity index (χ4v) is 4.23. The Morgan fingerprint density at radius 3 is 2.76 bits per heavy atom. The highest BCUT2D eigenvalue weighted by molar-refractivity contribution is 5.00. The lowest BCUT2D eigenvalue weighted by Gasteiger charge is -2.51. The summed E-state index contributed by atoms with van der Waals surface area (Å²) in [6, 6.07) is 0.708. The van der Waals surface area contributed by atoms with E-state index < -0.39 is 0 Å². The Kier molecular flexibility index (Phi) is 5.69. The number of ether oxygens (including phenoxy) is 1. The predicted molar refractivity (Wildman–Crippen MR) is 88.6 cm³/mol. The lowest BCUT2D eigenvalue weighted by Crippen LogP contribution is -2.61. The highest BCUT2D eigenvalue weighted by Gasteiger charge is 2.44. The SMILES string of the molecule is CCN1CCCC1CN(C)C1(CN)CCOC(C)(CC)C1. The number of nitrogens with zero attached hydrogens (tertiary/aromatic N) is 2. The van der Waals surface area contributed by atoms with Crippen molar-refractivity contribution in [2.75, 3.05) is 39.8 Å². The lowest BCUT2D eigenvalue weighted by atomic mass is 9.78. The molecule has 2 N–H and O–H groups in total. The van der Waals surface area contributed by atoms with Gasteiger partial charge in [-0.25, -0.2) is 0 Å². The van der Waals surface area contributed by atoms with E-state index in [4.69, 9.17) is 10.5 Å². The van der Waals surface area contributed by atoms with Crippen LogP contribution in [0.4, 0.5) is 0 Å². The zero-order valence-electron chi connectivity index (χ0n) is 14.5. The molecule has 0 spiro atoms. The highest BCUT2D eigenvalue weighted by Crippen LogP contribution is 2.37. The first-order chi connectivity index (χ1) is 9.98. The van der Waals surface area contributed by atoms with Gasteiger partial charge in [0.1, 0.15) is 0 Å². The number of likely N-dealkylation sites (tertiary alicyclic amines) is 1. The van der Waals surface area contributed by atoms with Gasteiger partial charge in [-0.05, 0) is 59.2 Å². The molecular formula is C17H35N3O. The topological polar surface area (TPSA) is 41.7 Å². The standard InChI is InChI=1S/C17H35N3O/c1-5-16(3)13-17(14-18,9-11-21-16)19(4)12-15-8-7-10-20(15)6-2/h15H,5-14,18H2,1-4H3. The van der Waals surface area contributed by atoms with Crippen LogP contribution >= 0.6 is 0 Å². The maximum atomic E-state index is 6.25. The molecule has 0 bridgehead atoms.